The van der Waals surface area contributed by atoms with Crippen molar-refractivity contribution in [2.24, 2.45) is 0 Å². The molecule has 112 valence electrons. The smallest absolute Gasteiger partial charge is 0.123 e. The Bertz CT molecular complexity index is 607. The average Bonchev–Trinajstić information content (AvgIpc) is 2.36. The first-order valence-corrected chi connectivity index (χ1v) is 7.54. The SMILES string of the molecule is CC(C)(C)c1cccc(C(C)(C)C)c1-c1ccccc1O. The quantitative estimate of drug-likeness (QED) is 0.716. The molecule has 1 nitrogen and oxygen atoms in total. The highest BCUT2D eigenvalue weighted by Crippen LogP contribution is 2.43. The summed E-state index contributed by atoms with van der Waals surface area (Å²) in [6, 6.07) is 14.1. The van der Waals surface area contributed by atoms with E-state index >= 15 is 0 Å². The van der Waals surface area contributed by atoms with E-state index in [1.807, 2.05) is 18.2 Å². The Hall–Kier alpha value is -1.76. The minimum atomic E-state index is 0.0267. The fraction of sp³-hybridized carbons (Fsp3) is 0.400. The van der Waals surface area contributed by atoms with E-state index in [2.05, 4.69) is 59.7 Å². The van der Waals surface area contributed by atoms with E-state index in [9.17, 15) is 5.11 Å². The maximum Gasteiger partial charge on any atom is 0.123 e. The third-order valence-electron chi connectivity index (χ3n) is 3.85. The summed E-state index contributed by atoms with van der Waals surface area (Å²) in [4.78, 5) is 0. The summed E-state index contributed by atoms with van der Waals surface area (Å²) in [5, 5.41) is 10.3. The van der Waals surface area contributed by atoms with Crippen molar-refractivity contribution in [1.82, 2.24) is 0 Å². The van der Waals surface area contributed by atoms with Crippen LogP contribution in [0.4, 0.5) is 0 Å². The number of rotatable bonds is 1. The number of benzene rings is 2. The van der Waals surface area contributed by atoms with E-state index in [0.717, 1.165) is 5.56 Å². The largest absolute Gasteiger partial charge is 0.507 e. The molecule has 0 atom stereocenters. The van der Waals surface area contributed by atoms with Crippen LogP contribution in [0.2, 0.25) is 0 Å². The van der Waals surface area contributed by atoms with Gasteiger partial charge in [-0.15, -0.1) is 0 Å². The van der Waals surface area contributed by atoms with Gasteiger partial charge in [-0.3, -0.25) is 0 Å². The normalized spacial score (nSPS) is 12.5. The van der Waals surface area contributed by atoms with E-state index in [0.29, 0.717) is 5.75 Å². The Morgan fingerprint density at radius 3 is 1.57 bits per heavy atom. The highest BCUT2D eigenvalue weighted by atomic mass is 16.3. The van der Waals surface area contributed by atoms with E-state index < -0.39 is 0 Å². The van der Waals surface area contributed by atoms with E-state index in [-0.39, 0.29) is 10.8 Å². The molecule has 0 saturated carbocycles. The van der Waals surface area contributed by atoms with Crippen LogP contribution in [0.5, 0.6) is 5.75 Å². The van der Waals surface area contributed by atoms with E-state index in [1.165, 1.54) is 16.7 Å². The van der Waals surface area contributed by atoms with E-state index in [4.69, 9.17) is 0 Å². The van der Waals surface area contributed by atoms with Crippen molar-refractivity contribution in [3.63, 3.8) is 0 Å². The van der Waals surface area contributed by atoms with Gasteiger partial charge in [0.15, 0.2) is 0 Å². The zero-order valence-corrected chi connectivity index (χ0v) is 14.0. The summed E-state index contributed by atoms with van der Waals surface area (Å²) in [6.45, 7) is 13.3. The summed E-state index contributed by atoms with van der Waals surface area (Å²) < 4.78 is 0. The molecule has 0 heterocycles. The van der Waals surface area contributed by atoms with Gasteiger partial charge in [-0.1, -0.05) is 77.9 Å². The van der Waals surface area contributed by atoms with Gasteiger partial charge in [0.1, 0.15) is 5.75 Å². The first-order chi connectivity index (χ1) is 9.62. The van der Waals surface area contributed by atoms with Crippen LogP contribution in [0.15, 0.2) is 42.5 Å². The predicted molar refractivity (Wildman–Crippen MR) is 90.9 cm³/mol. The molecule has 0 spiro atoms. The number of hydrogen-bond donors (Lipinski definition) is 1. The highest BCUT2D eigenvalue weighted by Gasteiger charge is 2.26. The molecule has 2 aromatic rings. The summed E-state index contributed by atoms with van der Waals surface area (Å²) >= 11 is 0. The van der Waals surface area contributed by atoms with Crippen LogP contribution in [-0.2, 0) is 10.8 Å². The zero-order chi connectivity index (χ0) is 15.8. The molecule has 0 aliphatic carbocycles. The summed E-state index contributed by atoms with van der Waals surface area (Å²) in [6.07, 6.45) is 0. The van der Waals surface area contributed by atoms with Crippen molar-refractivity contribution in [3.05, 3.63) is 53.6 Å². The predicted octanol–water partition coefficient (Wildman–Crippen LogP) is 5.65. The Balaban J connectivity index is 2.87. The second-order valence-electron chi connectivity index (χ2n) is 7.75. The average molecular weight is 282 g/mol. The number of phenols is 1. The maximum absolute atomic E-state index is 10.3. The fourth-order valence-corrected chi connectivity index (χ4v) is 2.78. The second kappa shape index (κ2) is 5.22. The Morgan fingerprint density at radius 1 is 0.667 bits per heavy atom. The first-order valence-electron chi connectivity index (χ1n) is 7.54. The Morgan fingerprint density at radius 2 is 1.14 bits per heavy atom. The topological polar surface area (TPSA) is 20.2 Å². The molecule has 0 bridgehead atoms. The molecule has 2 aromatic carbocycles. The van der Waals surface area contributed by atoms with Crippen LogP contribution in [0, 0.1) is 0 Å². The van der Waals surface area contributed by atoms with Gasteiger partial charge in [0.25, 0.3) is 0 Å². The van der Waals surface area contributed by atoms with Gasteiger partial charge in [-0.25, -0.2) is 0 Å². The van der Waals surface area contributed by atoms with Gasteiger partial charge in [0.05, 0.1) is 0 Å². The van der Waals surface area contributed by atoms with Gasteiger partial charge in [0.2, 0.25) is 0 Å². The van der Waals surface area contributed by atoms with Crippen LogP contribution >= 0.6 is 0 Å². The van der Waals surface area contributed by atoms with Crippen molar-refractivity contribution in [1.29, 1.82) is 0 Å². The zero-order valence-electron chi connectivity index (χ0n) is 14.0. The van der Waals surface area contributed by atoms with Gasteiger partial charge in [-0.2, -0.15) is 0 Å². The number of phenolic OH excluding ortho intramolecular Hbond substituents is 1. The third kappa shape index (κ3) is 3.12. The molecule has 0 radical (unpaired) electrons. The molecular formula is C20H26O. The Kier molecular flexibility index (Phi) is 3.88. The molecule has 1 N–H and O–H groups in total. The summed E-state index contributed by atoms with van der Waals surface area (Å²) in [5.41, 5.74) is 4.70. The standard InChI is InChI=1S/C20H26O/c1-19(2,3)15-11-9-12-16(20(4,5)6)18(15)14-10-7-8-13-17(14)21/h7-13,21H,1-6H3. The molecule has 0 aliphatic heterocycles. The van der Waals surface area contributed by atoms with Crippen LogP contribution in [-0.4, -0.2) is 5.11 Å². The Labute approximate surface area is 128 Å². The lowest BCUT2D eigenvalue weighted by molar-refractivity contribution is 0.476. The van der Waals surface area contributed by atoms with Crippen molar-refractivity contribution < 1.29 is 5.11 Å². The molecule has 1 heteroatoms. The number of hydrogen-bond acceptors (Lipinski definition) is 1. The fourth-order valence-electron chi connectivity index (χ4n) is 2.78. The van der Waals surface area contributed by atoms with Gasteiger partial charge in [-0.05, 0) is 33.6 Å². The van der Waals surface area contributed by atoms with Crippen LogP contribution in [0.1, 0.15) is 52.7 Å². The van der Waals surface area contributed by atoms with Gasteiger partial charge in [0, 0.05) is 5.56 Å². The first kappa shape index (κ1) is 15.6. The minimum absolute atomic E-state index is 0.0267. The van der Waals surface area contributed by atoms with Gasteiger partial charge >= 0.3 is 0 Å². The molecular weight excluding hydrogens is 256 g/mol. The van der Waals surface area contributed by atoms with Gasteiger partial charge < -0.3 is 5.11 Å². The van der Waals surface area contributed by atoms with Crippen LogP contribution in [0.3, 0.4) is 0 Å². The summed E-state index contributed by atoms with van der Waals surface area (Å²) in [7, 11) is 0. The van der Waals surface area contributed by atoms with Crippen molar-refractivity contribution in [2.75, 3.05) is 0 Å². The van der Waals surface area contributed by atoms with E-state index in [1.54, 1.807) is 6.07 Å². The molecule has 0 aliphatic rings. The lowest BCUT2D eigenvalue weighted by Crippen LogP contribution is -2.19. The second-order valence-corrected chi connectivity index (χ2v) is 7.75. The van der Waals surface area contributed by atoms with Crippen LogP contribution < -0.4 is 0 Å². The molecule has 0 saturated heterocycles. The lowest BCUT2D eigenvalue weighted by atomic mass is 9.74. The molecule has 0 aromatic heterocycles. The number of para-hydroxylation sites is 1. The maximum atomic E-state index is 10.3. The van der Waals surface area contributed by atoms with Crippen molar-refractivity contribution in [2.45, 2.75) is 52.4 Å². The molecule has 0 fully saturated rings. The summed E-state index contributed by atoms with van der Waals surface area (Å²) in [5.74, 6) is 0.347. The van der Waals surface area contributed by atoms with Crippen molar-refractivity contribution >= 4 is 0 Å². The highest BCUT2D eigenvalue weighted by molar-refractivity contribution is 5.78. The molecule has 2 rings (SSSR count). The third-order valence-corrected chi connectivity index (χ3v) is 3.85. The molecule has 0 unspecified atom stereocenters. The molecule has 21 heavy (non-hydrogen) atoms. The number of aromatic hydroxyl groups is 1. The van der Waals surface area contributed by atoms with Crippen LogP contribution in [0.25, 0.3) is 11.1 Å². The van der Waals surface area contributed by atoms with Crippen molar-refractivity contribution in [3.8, 4) is 16.9 Å². The monoisotopic (exact) mass is 282 g/mol. The molecule has 0 amide bonds. The lowest BCUT2D eigenvalue weighted by Gasteiger charge is -2.30. The minimum Gasteiger partial charge on any atom is -0.507 e.